The van der Waals surface area contributed by atoms with E-state index in [1.807, 2.05) is 0 Å². The van der Waals surface area contributed by atoms with Crippen LogP contribution in [0.2, 0.25) is 0 Å². The van der Waals surface area contributed by atoms with Crippen molar-refractivity contribution in [2.75, 3.05) is 15.8 Å². The van der Waals surface area contributed by atoms with Crippen LogP contribution in [0.1, 0.15) is 6.42 Å². The van der Waals surface area contributed by atoms with Crippen molar-refractivity contribution < 1.29 is 21.6 Å². The van der Waals surface area contributed by atoms with Gasteiger partial charge in [0.05, 0.1) is 29.8 Å². The van der Waals surface area contributed by atoms with Crippen LogP contribution in [0, 0.1) is 0 Å². The molecule has 0 aliphatic rings. The molecular weight excluding hydrogens is 411 g/mol. The van der Waals surface area contributed by atoms with E-state index in [9.17, 15) is 21.6 Å². The number of aromatic nitrogens is 5. The number of nitrogens with zero attached hydrogens (tertiary/aromatic N) is 6. The topological polar surface area (TPSA) is 120 Å². The molecule has 0 atom stereocenters. The molecule has 3 heterocycles. The Morgan fingerprint density at radius 1 is 1.17 bits per heavy atom. The number of sulfonamides is 1. The third-order valence-corrected chi connectivity index (χ3v) is 5.40. The van der Waals surface area contributed by atoms with Crippen LogP contribution in [-0.4, -0.2) is 45.1 Å². The van der Waals surface area contributed by atoms with Gasteiger partial charge in [-0.05, 0) is 18.2 Å². The first-order valence-corrected chi connectivity index (χ1v) is 9.79. The van der Waals surface area contributed by atoms with Gasteiger partial charge in [-0.15, -0.1) is 0 Å². The Kier molecular flexibility index (Phi) is 5.42. The molecule has 0 radical (unpaired) electrons. The summed E-state index contributed by atoms with van der Waals surface area (Å²) in [5.74, 6) is -1.19. The number of alkyl halides is 3. The van der Waals surface area contributed by atoms with E-state index < -0.39 is 28.4 Å². The van der Waals surface area contributed by atoms with Crippen LogP contribution < -0.4 is 10.0 Å². The van der Waals surface area contributed by atoms with Crippen LogP contribution in [-0.2, 0) is 17.1 Å². The Morgan fingerprint density at radius 3 is 2.52 bits per heavy atom. The fourth-order valence-electron chi connectivity index (χ4n) is 2.41. The highest BCUT2D eigenvalue weighted by molar-refractivity contribution is 7.93. The monoisotopic (exact) mass is 427 g/mol. The predicted molar refractivity (Wildman–Crippen MR) is 99.5 cm³/mol. The Morgan fingerprint density at radius 2 is 1.93 bits per heavy atom. The van der Waals surface area contributed by atoms with Crippen molar-refractivity contribution >= 4 is 27.5 Å². The average Bonchev–Trinajstić information content (AvgIpc) is 3.06. The summed E-state index contributed by atoms with van der Waals surface area (Å²) in [6, 6.07) is 4.68. The highest BCUT2D eigenvalue weighted by Gasteiger charge is 2.34. The Balaban J connectivity index is 2.05. The maximum absolute atomic E-state index is 12.8. The molecule has 0 aliphatic heterocycles. The predicted octanol–water partition coefficient (Wildman–Crippen LogP) is 2.27. The first-order valence-electron chi connectivity index (χ1n) is 8.18. The lowest BCUT2D eigenvalue weighted by atomic mass is 10.2. The summed E-state index contributed by atoms with van der Waals surface area (Å²) in [7, 11) is -2.91. The fourth-order valence-corrected chi connectivity index (χ4v) is 3.84. The van der Waals surface area contributed by atoms with Crippen molar-refractivity contribution in [1.29, 1.82) is 0 Å². The van der Waals surface area contributed by atoms with Gasteiger partial charge in [-0.25, -0.2) is 27.7 Å². The molecule has 0 fully saturated rings. The van der Waals surface area contributed by atoms with E-state index in [0.717, 1.165) is 0 Å². The van der Waals surface area contributed by atoms with Crippen LogP contribution in [0.3, 0.4) is 0 Å². The molecule has 0 bridgehead atoms. The van der Waals surface area contributed by atoms with E-state index in [1.54, 1.807) is 13.1 Å². The summed E-state index contributed by atoms with van der Waals surface area (Å²) in [4.78, 5) is 12.1. The van der Waals surface area contributed by atoms with Crippen LogP contribution in [0.15, 0.2) is 43.0 Å². The average molecular weight is 427 g/mol. The second-order valence-electron chi connectivity index (χ2n) is 6.03. The fraction of sp³-hybridized carbons (Fsp3) is 0.250. The second kappa shape index (κ2) is 7.66. The van der Waals surface area contributed by atoms with Crippen molar-refractivity contribution in [3.8, 4) is 11.3 Å². The summed E-state index contributed by atoms with van der Waals surface area (Å²) in [5, 5.41) is 3.88. The number of aryl methyl sites for hydroxylation is 1. The van der Waals surface area contributed by atoms with E-state index in [2.05, 4.69) is 20.1 Å². The molecule has 0 unspecified atom stereocenters. The first kappa shape index (κ1) is 20.5. The van der Waals surface area contributed by atoms with Crippen molar-refractivity contribution in [1.82, 2.24) is 24.7 Å². The number of hydrogen-bond acceptors (Lipinski definition) is 7. The van der Waals surface area contributed by atoms with Gasteiger partial charge in [-0.2, -0.15) is 18.3 Å². The van der Waals surface area contributed by atoms with Gasteiger partial charge in [0.15, 0.2) is 0 Å². The SMILES string of the molecule is Cn1cc(N(c2nccc(-c3ccc(N)nc3)n2)S(=O)(=O)CCC(F)(F)F)cn1. The summed E-state index contributed by atoms with van der Waals surface area (Å²) in [6.45, 7) is 0. The third-order valence-electron chi connectivity index (χ3n) is 3.75. The molecule has 0 saturated heterocycles. The zero-order valence-corrected chi connectivity index (χ0v) is 15.9. The number of rotatable bonds is 6. The summed E-state index contributed by atoms with van der Waals surface area (Å²) in [5.41, 5.74) is 6.42. The number of nitrogen functional groups attached to an aromatic ring is 1. The van der Waals surface area contributed by atoms with Gasteiger partial charge in [-0.1, -0.05) is 0 Å². The molecule has 154 valence electrons. The van der Waals surface area contributed by atoms with Gasteiger partial charge in [0.25, 0.3) is 0 Å². The molecule has 0 saturated carbocycles. The summed E-state index contributed by atoms with van der Waals surface area (Å²) >= 11 is 0. The van der Waals surface area contributed by atoms with E-state index in [0.29, 0.717) is 15.6 Å². The van der Waals surface area contributed by atoms with Crippen molar-refractivity contribution in [2.45, 2.75) is 12.6 Å². The molecule has 29 heavy (non-hydrogen) atoms. The molecule has 2 N–H and O–H groups in total. The Labute approximate surface area is 164 Å². The van der Waals surface area contributed by atoms with Crippen LogP contribution in [0.25, 0.3) is 11.3 Å². The molecule has 0 spiro atoms. The largest absolute Gasteiger partial charge is 0.390 e. The van der Waals surface area contributed by atoms with E-state index in [4.69, 9.17) is 5.73 Å². The molecule has 3 rings (SSSR count). The van der Waals surface area contributed by atoms with Crippen molar-refractivity contribution in [3.63, 3.8) is 0 Å². The molecule has 9 nitrogen and oxygen atoms in total. The molecule has 0 aliphatic carbocycles. The normalized spacial score (nSPS) is 12.1. The van der Waals surface area contributed by atoms with E-state index in [-0.39, 0.29) is 17.5 Å². The van der Waals surface area contributed by atoms with Crippen molar-refractivity contribution in [3.05, 3.63) is 43.0 Å². The lowest BCUT2D eigenvalue weighted by Crippen LogP contribution is -2.32. The Hall–Kier alpha value is -3.22. The van der Waals surface area contributed by atoms with Crippen LogP contribution in [0.4, 0.5) is 30.6 Å². The molecular formula is C16H16F3N7O2S. The molecule has 13 heteroatoms. The third kappa shape index (κ3) is 4.99. The van der Waals surface area contributed by atoms with Gasteiger partial charge in [0.2, 0.25) is 16.0 Å². The number of anilines is 3. The standard InChI is InChI=1S/C16H16F3N7O2S/c1-25-10-12(9-23-25)26(29(27,28)7-5-16(17,18)19)15-21-6-4-13(24-15)11-2-3-14(20)22-8-11/h2-4,6,8-10H,5,7H2,1H3,(H2,20,22). The van der Waals surface area contributed by atoms with Gasteiger partial charge >= 0.3 is 6.18 Å². The Bertz CT molecular complexity index is 1100. The minimum absolute atomic E-state index is 0.0160. The van der Waals surface area contributed by atoms with Crippen LogP contribution >= 0.6 is 0 Å². The smallest absolute Gasteiger partial charge is 0.384 e. The minimum Gasteiger partial charge on any atom is -0.384 e. The van der Waals surface area contributed by atoms with E-state index in [1.165, 1.54) is 41.6 Å². The number of pyridine rings is 1. The number of halogens is 3. The highest BCUT2D eigenvalue weighted by atomic mass is 32.2. The molecule has 0 aromatic carbocycles. The second-order valence-corrected chi connectivity index (χ2v) is 7.97. The van der Waals surface area contributed by atoms with Gasteiger partial charge < -0.3 is 5.73 Å². The maximum atomic E-state index is 12.8. The number of hydrogen-bond donors (Lipinski definition) is 1. The summed E-state index contributed by atoms with van der Waals surface area (Å²) < 4.78 is 65.4. The molecule has 3 aromatic heterocycles. The van der Waals surface area contributed by atoms with E-state index >= 15 is 0 Å². The van der Waals surface area contributed by atoms with Gasteiger partial charge in [-0.3, -0.25) is 4.68 Å². The van der Waals surface area contributed by atoms with Crippen molar-refractivity contribution in [2.24, 2.45) is 7.05 Å². The first-order chi connectivity index (χ1) is 13.5. The number of nitrogens with two attached hydrogens (primary N) is 1. The highest BCUT2D eigenvalue weighted by Crippen LogP contribution is 2.29. The van der Waals surface area contributed by atoms with Crippen LogP contribution in [0.5, 0.6) is 0 Å². The quantitative estimate of drug-likeness (QED) is 0.641. The van der Waals surface area contributed by atoms with Gasteiger partial charge in [0, 0.05) is 31.2 Å². The lowest BCUT2D eigenvalue weighted by molar-refractivity contribution is -0.129. The summed E-state index contributed by atoms with van der Waals surface area (Å²) in [6.07, 6.45) is -0.859. The lowest BCUT2D eigenvalue weighted by Gasteiger charge is -2.21. The zero-order chi connectivity index (χ0) is 21.2. The minimum atomic E-state index is -4.63. The maximum Gasteiger partial charge on any atom is 0.390 e. The molecule has 0 amide bonds. The zero-order valence-electron chi connectivity index (χ0n) is 15.1. The molecule has 3 aromatic rings. The van der Waals surface area contributed by atoms with Gasteiger partial charge in [0.1, 0.15) is 5.82 Å².